The topological polar surface area (TPSA) is 99.3 Å². The van der Waals surface area contributed by atoms with Crippen LogP contribution in [0.15, 0.2) is 30.0 Å². The summed E-state index contributed by atoms with van der Waals surface area (Å²) in [6.07, 6.45) is 3.67. The van der Waals surface area contributed by atoms with E-state index in [0.717, 1.165) is 32.0 Å². The number of benzene rings is 1. The van der Waals surface area contributed by atoms with Crippen LogP contribution in [-0.2, 0) is 4.79 Å². The van der Waals surface area contributed by atoms with Gasteiger partial charge < -0.3 is 10.2 Å². The highest BCUT2D eigenvalue weighted by atomic mass is 35.5. The maximum Gasteiger partial charge on any atom is 0.271 e. The fraction of sp³-hybridized carbons (Fsp3) is 0.375. The largest absolute Gasteiger partial charge is 0.376 e. The average Bonchev–Trinajstić information content (AvgIpc) is 2.54. The van der Waals surface area contributed by atoms with Crippen LogP contribution in [0.1, 0.15) is 19.8 Å². The summed E-state index contributed by atoms with van der Waals surface area (Å²) in [4.78, 5) is 24.5. The van der Waals surface area contributed by atoms with E-state index in [1.165, 1.54) is 18.3 Å². The van der Waals surface area contributed by atoms with Crippen molar-refractivity contribution in [2.75, 3.05) is 18.4 Å². The number of amides is 1. The summed E-state index contributed by atoms with van der Waals surface area (Å²) in [5, 5.41) is 22.7. The highest BCUT2D eigenvalue weighted by Crippen LogP contribution is 2.27. The number of hydrogen-bond acceptors (Lipinski definition) is 5. The number of halogens is 1. The molecule has 126 valence electrons. The van der Waals surface area contributed by atoms with Crippen molar-refractivity contribution in [3.63, 3.8) is 0 Å². The quantitative estimate of drug-likeness (QED) is 0.389. The molecule has 1 aromatic rings. The first-order valence-electron chi connectivity index (χ1n) is 7.52. The van der Waals surface area contributed by atoms with Gasteiger partial charge in [-0.05, 0) is 24.8 Å². The van der Waals surface area contributed by atoms with Gasteiger partial charge in [0.2, 0.25) is 0 Å². The Bertz CT molecular complexity index is 727. The molecule has 1 aliphatic heterocycles. The lowest BCUT2D eigenvalue weighted by Crippen LogP contribution is -2.31. The van der Waals surface area contributed by atoms with Gasteiger partial charge in [0.25, 0.3) is 11.6 Å². The minimum Gasteiger partial charge on any atom is -0.376 e. The Labute approximate surface area is 144 Å². The van der Waals surface area contributed by atoms with E-state index < -0.39 is 10.8 Å². The van der Waals surface area contributed by atoms with Gasteiger partial charge in [0.1, 0.15) is 11.6 Å². The molecule has 1 fully saturated rings. The lowest BCUT2D eigenvalue weighted by atomic mass is 10.0. The number of nitrogens with zero attached hydrogens (tertiary/aromatic N) is 3. The normalized spacial score (nSPS) is 18.0. The highest BCUT2D eigenvalue weighted by molar-refractivity contribution is 6.34. The number of carbonyl (C=O) groups excluding carboxylic acids is 1. The van der Waals surface area contributed by atoms with Crippen molar-refractivity contribution in [1.29, 1.82) is 5.26 Å². The van der Waals surface area contributed by atoms with Crippen molar-refractivity contribution in [3.05, 3.63) is 45.1 Å². The third-order valence-corrected chi connectivity index (χ3v) is 4.10. The van der Waals surface area contributed by atoms with Crippen LogP contribution in [0, 0.1) is 27.4 Å². The van der Waals surface area contributed by atoms with Crippen molar-refractivity contribution < 1.29 is 9.72 Å². The minimum atomic E-state index is -0.641. The van der Waals surface area contributed by atoms with E-state index in [9.17, 15) is 20.2 Å². The molecule has 1 amide bonds. The molecule has 7 nitrogen and oxygen atoms in total. The van der Waals surface area contributed by atoms with E-state index in [2.05, 4.69) is 12.2 Å². The summed E-state index contributed by atoms with van der Waals surface area (Å²) in [7, 11) is 0. The zero-order chi connectivity index (χ0) is 17.7. The molecule has 1 atom stereocenters. The third kappa shape index (κ3) is 4.46. The Morgan fingerprint density at radius 3 is 2.96 bits per heavy atom. The SMILES string of the molecule is CC1CCCN(/C=C(/C#N)C(=O)Nc2cc([N+](=O)[O-])ccc2Cl)C1. The number of non-ortho nitro benzene ring substituents is 1. The fourth-order valence-corrected chi connectivity index (χ4v) is 2.74. The second-order valence-electron chi connectivity index (χ2n) is 5.77. The summed E-state index contributed by atoms with van der Waals surface area (Å²) in [6.45, 7) is 3.70. The molecular weight excluding hydrogens is 332 g/mol. The van der Waals surface area contributed by atoms with Crippen molar-refractivity contribution in [1.82, 2.24) is 4.90 Å². The van der Waals surface area contributed by atoms with Gasteiger partial charge in [-0.1, -0.05) is 18.5 Å². The number of likely N-dealkylation sites (tertiary alicyclic amines) is 1. The minimum absolute atomic E-state index is 0.0633. The lowest BCUT2D eigenvalue weighted by Gasteiger charge is -2.29. The number of nitrogens with one attached hydrogen (secondary N) is 1. The van der Waals surface area contributed by atoms with Crippen molar-refractivity contribution in [2.24, 2.45) is 5.92 Å². The van der Waals surface area contributed by atoms with Gasteiger partial charge >= 0.3 is 0 Å². The van der Waals surface area contributed by atoms with E-state index in [-0.39, 0.29) is 22.0 Å². The monoisotopic (exact) mass is 348 g/mol. The molecular formula is C16H17ClN4O3. The summed E-state index contributed by atoms with van der Waals surface area (Å²) >= 11 is 5.95. The number of piperidine rings is 1. The summed E-state index contributed by atoms with van der Waals surface area (Å²) < 4.78 is 0. The Kier molecular flexibility index (Phi) is 5.77. The van der Waals surface area contributed by atoms with Crippen LogP contribution in [0.4, 0.5) is 11.4 Å². The van der Waals surface area contributed by atoms with E-state index in [1.807, 2.05) is 11.0 Å². The van der Waals surface area contributed by atoms with E-state index in [1.54, 1.807) is 0 Å². The Morgan fingerprint density at radius 1 is 1.58 bits per heavy atom. The predicted octanol–water partition coefficient (Wildman–Crippen LogP) is 3.33. The molecule has 1 aliphatic rings. The molecule has 24 heavy (non-hydrogen) atoms. The van der Waals surface area contributed by atoms with Gasteiger partial charge in [0.15, 0.2) is 0 Å². The van der Waals surface area contributed by atoms with Crippen LogP contribution in [0.3, 0.4) is 0 Å². The third-order valence-electron chi connectivity index (χ3n) is 3.77. The standard InChI is InChI=1S/C16H17ClN4O3/c1-11-3-2-6-20(9-11)10-12(8-18)16(22)19-15-7-13(21(23)24)4-5-14(15)17/h4-5,7,10-11H,2-3,6,9H2,1H3,(H,19,22)/b12-10-. The maximum absolute atomic E-state index is 12.3. The van der Waals surface area contributed by atoms with Gasteiger partial charge in [-0.15, -0.1) is 0 Å². The molecule has 1 N–H and O–H groups in total. The first-order valence-corrected chi connectivity index (χ1v) is 7.89. The van der Waals surface area contributed by atoms with Crippen LogP contribution in [0.25, 0.3) is 0 Å². The van der Waals surface area contributed by atoms with Crippen LogP contribution >= 0.6 is 11.6 Å². The Morgan fingerprint density at radius 2 is 2.33 bits per heavy atom. The summed E-state index contributed by atoms with van der Waals surface area (Å²) in [5.41, 5.74) is -0.155. The molecule has 0 aliphatic carbocycles. The first-order chi connectivity index (χ1) is 11.4. The van der Waals surface area contributed by atoms with Crippen molar-refractivity contribution >= 4 is 28.9 Å². The van der Waals surface area contributed by atoms with Crippen LogP contribution < -0.4 is 5.32 Å². The van der Waals surface area contributed by atoms with E-state index in [0.29, 0.717) is 5.92 Å². The molecule has 1 unspecified atom stereocenters. The molecule has 0 aromatic heterocycles. The van der Waals surface area contributed by atoms with Gasteiger partial charge in [-0.2, -0.15) is 5.26 Å². The number of rotatable bonds is 4. The number of carbonyl (C=O) groups is 1. The molecule has 0 bridgehead atoms. The van der Waals surface area contributed by atoms with Crippen LogP contribution in [-0.4, -0.2) is 28.8 Å². The van der Waals surface area contributed by atoms with Gasteiger partial charge in [0.05, 0.1) is 15.6 Å². The molecule has 1 heterocycles. The van der Waals surface area contributed by atoms with Crippen LogP contribution in [0.5, 0.6) is 0 Å². The molecule has 1 aromatic carbocycles. The molecule has 0 radical (unpaired) electrons. The summed E-state index contributed by atoms with van der Waals surface area (Å²) in [6, 6.07) is 5.61. The second-order valence-corrected chi connectivity index (χ2v) is 6.18. The fourth-order valence-electron chi connectivity index (χ4n) is 2.58. The number of nitriles is 1. The predicted molar refractivity (Wildman–Crippen MR) is 90.4 cm³/mol. The molecule has 0 spiro atoms. The lowest BCUT2D eigenvalue weighted by molar-refractivity contribution is -0.384. The summed E-state index contributed by atoms with van der Waals surface area (Å²) in [5.74, 6) is -0.137. The number of nitro benzene ring substituents is 1. The first kappa shape index (κ1) is 17.8. The van der Waals surface area contributed by atoms with E-state index in [4.69, 9.17) is 11.6 Å². The second kappa shape index (κ2) is 7.79. The Balaban J connectivity index is 2.16. The number of hydrogen-bond donors (Lipinski definition) is 1. The van der Waals surface area contributed by atoms with Crippen molar-refractivity contribution in [3.8, 4) is 6.07 Å². The molecule has 0 saturated carbocycles. The molecule has 1 saturated heterocycles. The van der Waals surface area contributed by atoms with Gasteiger partial charge in [-0.25, -0.2) is 0 Å². The molecule has 2 rings (SSSR count). The van der Waals surface area contributed by atoms with Crippen molar-refractivity contribution in [2.45, 2.75) is 19.8 Å². The zero-order valence-corrected chi connectivity index (χ0v) is 13.9. The maximum atomic E-state index is 12.3. The highest BCUT2D eigenvalue weighted by Gasteiger charge is 2.18. The average molecular weight is 349 g/mol. The van der Waals surface area contributed by atoms with Gasteiger partial charge in [-0.3, -0.25) is 14.9 Å². The van der Waals surface area contributed by atoms with Gasteiger partial charge in [0, 0.05) is 31.4 Å². The zero-order valence-electron chi connectivity index (χ0n) is 13.2. The van der Waals surface area contributed by atoms with Crippen LogP contribution in [0.2, 0.25) is 5.02 Å². The Hall–Kier alpha value is -2.59. The van der Waals surface area contributed by atoms with E-state index >= 15 is 0 Å². The number of nitro groups is 1. The smallest absolute Gasteiger partial charge is 0.271 e. The molecule has 8 heteroatoms. The number of anilines is 1.